The molecule has 3 nitrogen and oxygen atoms in total. The first-order chi connectivity index (χ1) is 5.16. The molecule has 0 aliphatic heterocycles. The van der Waals surface area contributed by atoms with Crippen LogP contribution in [0.15, 0.2) is 4.47 Å². The standard InChI is InChI=1S/C7H11BrN2O/c1-5-7(8)6(3-4-11)10(2)9-5/h11H,3-4H2,1-2H3. The quantitative estimate of drug-likeness (QED) is 0.806. The van der Waals surface area contributed by atoms with Crippen molar-refractivity contribution >= 4 is 15.9 Å². The van der Waals surface area contributed by atoms with Crippen LogP contribution < -0.4 is 0 Å². The largest absolute Gasteiger partial charge is 0.396 e. The van der Waals surface area contributed by atoms with Crippen LogP contribution in [0, 0.1) is 6.92 Å². The fourth-order valence-electron chi connectivity index (χ4n) is 1.06. The fraction of sp³-hybridized carbons (Fsp3) is 0.571. The molecule has 0 saturated heterocycles. The fourth-order valence-corrected chi connectivity index (χ4v) is 1.59. The van der Waals surface area contributed by atoms with E-state index in [1.807, 2.05) is 14.0 Å². The van der Waals surface area contributed by atoms with Crippen molar-refractivity contribution in [3.05, 3.63) is 15.9 Å². The molecule has 0 bridgehead atoms. The third-order valence-corrected chi connectivity index (χ3v) is 2.64. The minimum Gasteiger partial charge on any atom is -0.396 e. The van der Waals surface area contributed by atoms with E-state index >= 15 is 0 Å². The summed E-state index contributed by atoms with van der Waals surface area (Å²) in [6, 6.07) is 0. The van der Waals surface area contributed by atoms with Gasteiger partial charge in [-0.25, -0.2) is 0 Å². The highest BCUT2D eigenvalue weighted by Gasteiger charge is 2.08. The van der Waals surface area contributed by atoms with Crippen LogP contribution >= 0.6 is 15.9 Å². The molecule has 11 heavy (non-hydrogen) atoms. The first-order valence-electron chi connectivity index (χ1n) is 3.45. The Hall–Kier alpha value is -0.350. The minimum absolute atomic E-state index is 0.164. The number of aryl methyl sites for hydroxylation is 2. The second-order valence-corrected chi connectivity index (χ2v) is 3.24. The number of aromatic nitrogens is 2. The summed E-state index contributed by atoms with van der Waals surface area (Å²) in [6.07, 6.45) is 0.651. The number of nitrogens with zero attached hydrogens (tertiary/aromatic N) is 2. The molecule has 0 atom stereocenters. The van der Waals surface area contributed by atoms with Crippen molar-refractivity contribution in [1.82, 2.24) is 9.78 Å². The summed E-state index contributed by atoms with van der Waals surface area (Å²) in [5, 5.41) is 12.9. The molecule has 0 fully saturated rings. The zero-order chi connectivity index (χ0) is 8.43. The van der Waals surface area contributed by atoms with Crippen LogP contribution in [-0.4, -0.2) is 21.5 Å². The molecule has 62 valence electrons. The number of hydrogen-bond donors (Lipinski definition) is 1. The molecule has 1 N–H and O–H groups in total. The van der Waals surface area contributed by atoms with Gasteiger partial charge in [0.15, 0.2) is 0 Å². The average Bonchev–Trinajstić information content (AvgIpc) is 2.17. The lowest BCUT2D eigenvalue weighted by Gasteiger charge is -1.98. The van der Waals surface area contributed by atoms with Gasteiger partial charge in [-0.15, -0.1) is 0 Å². The molecule has 0 saturated carbocycles. The van der Waals surface area contributed by atoms with E-state index in [0.29, 0.717) is 6.42 Å². The Bertz CT molecular complexity index is 257. The van der Waals surface area contributed by atoms with E-state index in [2.05, 4.69) is 21.0 Å². The zero-order valence-electron chi connectivity index (χ0n) is 6.63. The molecule has 1 aromatic heterocycles. The van der Waals surface area contributed by atoms with Crippen molar-refractivity contribution in [1.29, 1.82) is 0 Å². The molecular formula is C7H11BrN2O. The van der Waals surface area contributed by atoms with Gasteiger partial charge in [-0.05, 0) is 22.9 Å². The van der Waals surface area contributed by atoms with Crippen LogP contribution in [-0.2, 0) is 13.5 Å². The van der Waals surface area contributed by atoms with Gasteiger partial charge in [-0.3, -0.25) is 4.68 Å². The van der Waals surface area contributed by atoms with E-state index in [1.54, 1.807) is 4.68 Å². The van der Waals surface area contributed by atoms with Gasteiger partial charge in [0.1, 0.15) is 0 Å². The predicted molar refractivity (Wildman–Crippen MR) is 46.4 cm³/mol. The number of rotatable bonds is 2. The number of halogens is 1. The van der Waals surface area contributed by atoms with E-state index < -0.39 is 0 Å². The van der Waals surface area contributed by atoms with Gasteiger partial charge in [0, 0.05) is 20.1 Å². The minimum atomic E-state index is 0.164. The van der Waals surface area contributed by atoms with Crippen LogP contribution in [0.1, 0.15) is 11.4 Å². The first-order valence-corrected chi connectivity index (χ1v) is 4.25. The maximum Gasteiger partial charge on any atom is 0.0738 e. The second kappa shape index (κ2) is 3.36. The SMILES string of the molecule is Cc1nn(C)c(CCO)c1Br. The highest BCUT2D eigenvalue weighted by atomic mass is 79.9. The lowest BCUT2D eigenvalue weighted by molar-refractivity contribution is 0.296. The Kier molecular flexibility index (Phi) is 2.67. The van der Waals surface area contributed by atoms with Gasteiger partial charge in [0.2, 0.25) is 0 Å². The van der Waals surface area contributed by atoms with Crippen LogP contribution in [0.2, 0.25) is 0 Å². The topological polar surface area (TPSA) is 38.0 Å². The molecule has 0 unspecified atom stereocenters. The Morgan fingerprint density at radius 3 is 2.64 bits per heavy atom. The van der Waals surface area contributed by atoms with E-state index in [-0.39, 0.29) is 6.61 Å². The molecule has 0 spiro atoms. The smallest absolute Gasteiger partial charge is 0.0738 e. The summed E-state index contributed by atoms with van der Waals surface area (Å²) in [5.74, 6) is 0. The Labute approximate surface area is 74.2 Å². The lowest BCUT2D eigenvalue weighted by atomic mass is 10.3. The first kappa shape index (κ1) is 8.74. The highest BCUT2D eigenvalue weighted by molar-refractivity contribution is 9.10. The zero-order valence-corrected chi connectivity index (χ0v) is 8.22. The Morgan fingerprint density at radius 2 is 2.27 bits per heavy atom. The number of aliphatic hydroxyl groups is 1. The summed E-state index contributed by atoms with van der Waals surface area (Å²) < 4.78 is 2.80. The van der Waals surface area contributed by atoms with Gasteiger partial charge in [-0.1, -0.05) is 0 Å². The predicted octanol–water partition coefficient (Wildman–Crippen LogP) is 1.03. The molecule has 0 aliphatic rings. The van der Waals surface area contributed by atoms with Gasteiger partial charge in [-0.2, -0.15) is 5.10 Å². The maximum atomic E-state index is 8.72. The Morgan fingerprint density at radius 1 is 1.64 bits per heavy atom. The summed E-state index contributed by atoms with van der Waals surface area (Å²) in [5.41, 5.74) is 2.01. The van der Waals surface area contributed by atoms with Crippen LogP contribution in [0.5, 0.6) is 0 Å². The molecular weight excluding hydrogens is 208 g/mol. The van der Waals surface area contributed by atoms with Crippen molar-refractivity contribution in [3.63, 3.8) is 0 Å². The van der Waals surface area contributed by atoms with E-state index in [9.17, 15) is 0 Å². The molecule has 0 radical (unpaired) electrons. The lowest BCUT2D eigenvalue weighted by Crippen LogP contribution is -2.00. The normalized spacial score (nSPS) is 10.5. The number of hydrogen-bond acceptors (Lipinski definition) is 2. The molecule has 0 aromatic carbocycles. The van der Waals surface area contributed by atoms with Gasteiger partial charge in [0.05, 0.1) is 15.9 Å². The summed E-state index contributed by atoms with van der Waals surface area (Å²) in [7, 11) is 1.88. The van der Waals surface area contributed by atoms with Crippen LogP contribution in [0.3, 0.4) is 0 Å². The maximum absolute atomic E-state index is 8.72. The van der Waals surface area contributed by atoms with Crippen LogP contribution in [0.4, 0.5) is 0 Å². The van der Waals surface area contributed by atoms with E-state index in [4.69, 9.17) is 5.11 Å². The summed E-state index contributed by atoms with van der Waals surface area (Å²) in [4.78, 5) is 0. The highest BCUT2D eigenvalue weighted by Crippen LogP contribution is 2.19. The van der Waals surface area contributed by atoms with Gasteiger partial charge in [0.25, 0.3) is 0 Å². The molecule has 1 heterocycles. The van der Waals surface area contributed by atoms with Crippen molar-refractivity contribution in [2.45, 2.75) is 13.3 Å². The van der Waals surface area contributed by atoms with Gasteiger partial charge < -0.3 is 5.11 Å². The number of aliphatic hydroxyl groups excluding tert-OH is 1. The Balaban J connectivity index is 3.02. The van der Waals surface area contributed by atoms with Crippen molar-refractivity contribution in [2.75, 3.05) is 6.61 Å². The molecule has 1 rings (SSSR count). The monoisotopic (exact) mass is 218 g/mol. The molecule has 0 aliphatic carbocycles. The second-order valence-electron chi connectivity index (χ2n) is 2.44. The van der Waals surface area contributed by atoms with Crippen molar-refractivity contribution in [3.8, 4) is 0 Å². The third kappa shape index (κ3) is 1.62. The summed E-state index contributed by atoms with van der Waals surface area (Å²) >= 11 is 3.41. The summed E-state index contributed by atoms with van der Waals surface area (Å²) in [6.45, 7) is 2.10. The van der Waals surface area contributed by atoms with E-state index in [0.717, 1.165) is 15.9 Å². The average molecular weight is 219 g/mol. The van der Waals surface area contributed by atoms with Crippen LogP contribution in [0.25, 0.3) is 0 Å². The molecule has 4 heteroatoms. The third-order valence-electron chi connectivity index (χ3n) is 1.61. The van der Waals surface area contributed by atoms with Crippen molar-refractivity contribution in [2.24, 2.45) is 7.05 Å². The van der Waals surface area contributed by atoms with Gasteiger partial charge >= 0.3 is 0 Å². The molecule has 1 aromatic rings. The molecule has 0 amide bonds. The van der Waals surface area contributed by atoms with E-state index in [1.165, 1.54) is 0 Å². The van der Waals surface area contributed by atoms with Crippen molar-refractivity contribution < 1.29 is 5.11 Å².